The molecule has 0 fully saturated rings. The van der Waals surface area contributed by atoms with Crippen molar-refractivity contribution >= 4 is 12.0 Å². The third-order valence-electron chi connectivity index (χ3n) is 2.79. The van der Waals surface area contributed by atoms with Crippen LogP contribution < -0.4 is 5.32 Å². The molecule has 0 rings (SSSR count). The van der Waals surface area contributed by atoms with Gasteiger partial charge in [-0.2, -0.15) is 13.2 Å². The van der Waals surface area contributed by atoms with E-state index in [1.165, 1.54) is 5.32 Å². The number of carbonyl (C=O) groups is 2. The van der Waals surface area contributed by atoms with E-state index >= 15 is 0 Å². The van der Waals surface area contributed by atoms with Gasteiger partial charge in [0.15, 0.2) is 0 Å². The number of hydrogen-bond acceptors (Lipinski definition) is 3. The Balaban J connectivity index is 5.02. The van der Waals surface area contributed by atoms with Crippen LogP contribution in [0.1, 0.15) is 26.7 Å². The fourth-order valence-electron chi connectivity index (χ4n) is 1.32. The van der Waals surface area contributed by atoms with E-state index in [0.717, 1.165) is 4.90 Å². The molecule has 0 spiro atoms. The lowest BCUT2D eigenvalue weighted by Gasteiger charge is -2.31. The van der Waals surface area contributed by atoms with E-state index in [1.807, 2.05) is 6.92 Å². The van der Waals surface area contributed by atoms with Crippen molar-refractivity contribution in [2.24, 2.45) is 0 Å². The molecule has 2 amide bonds. The molecule has 0 aromatic carbocycles. The second kappa shape index (κ2) is 7.32. The van der Waals surface area contributed by atoms with Gasteiger partial charge in [-0.15, -0.1) is 0 Å². The molecule has 118 valence electrons. The Morgan fingerprint density at radius 1 is 1.25 bits per heavy atom. The molecule has 3 N–H and O–H groups in total. The smallest absolute Gasteiger partial charge is 0.422 e. The molecule has 9 heteroatoms. The molecule has 0 bridgehead atoms. The highest BCUT2D eigenvalue weighted by Crippen LogP contribution is 2.30. The molecule has 0 heterocycles. The van der Waals surface area contributed by atoms with Gasteiger partial charge in [-0.25, -0.2) is 9.59 Å². The first-order valence-electron chi connectivity index (χ1n) is 6.08. The Labute approximate surface area is 114 Å². The van der Waals surface area contributed by atoms with Crippen molar-refractivity contribution in [3.8, 4) is 0 Å². The van der Waals surface area contributed by atoms with Gasteiger partial charge in [0.05, 0.1) is 6.61 Å². The van der Waals surface area contributed by atoms with Crippen LogP contribution in [0.25, 0.3) is 0 Å². The number of aliphatic carboxylic acids is 1. The van der Waals surface area contributed by atoms with E-state index in [1.54, 1.807) is 0 Å². The Morgan fingerprint density at radius 2 is 1.80 bits per heavy atom. The quantitative estimate of drug-likeness (QED) is 0.659. The lowest BCUT2D eigenvalue weighted by molar-refractivity contribution is -0.203. The first-order valence-corrected chi connectivity index (χ1v) is 6.08. The summed E-state index contributed by atoms with van der Waals surface area (Å²) in [6, 6.07) is -1.17. The monoisotopic (exact) mass is 300 g/mol. The number of alkyl halides is 3. The van der Waals surface area contributed by atoms with Crippen LogP contribution in [0.3, 0.4) is 0 Å². The third kappa shape index (κ3) is 4.55. The van der Waals surface area contributed by atoms with Crippen LogP contribution in [0.2, 0.25) is 0 Å². The zero-order valence-electron chi connectivity index (χ0n) is 11.3. The summed E-state index contributed by atoms with van der Waals surface area (Å²) < 4.78 is 38.3. The van der Waals surface area contributed by atoms with Crippen LogP contribution in [-0.4, -0.2) is 58.5 Å². The Hall–Kier alpha value is -1.51. The van der Waals surface area contributed by atoms with Gasteiger partial charge in [0, 0.05) is 13.1 Å². The summed E-state index contributed by atoms with van der Waals surface area (Å²) in [5.74, 6) is -2.20. The number of carboxylic acids is 1. The molecule has 0 saturated carbocycles. The second-order valence-corrected chi connectivity index (χ2v) is 4.42. The number of amides is 2. The van der Waals surface area contributed by atoms with E-state index in [9.17, 15) is 22.8 Å². The van der Waals surface area contributed by atoms with Crippen molar-refractivity contribution in [2.75, 3.05) is 19.7 Å². The minimum Gasteiger partial charge on any atom is -0.479 e. The van der Waals surface area contributed by atoms with Gasteiger partial charge in [-0.1, -0.05) is 13.3 Å². The van der Waals surface area contributed by atoms with Crippen LogP contribution in [0, 0.1) is 0 Å². The van der Waals surface area contributed by atoms with Crippen LogP contribution in [0.5, 0.6) is 0 Å². The van der Waals surface area contributed by atoms with Gasteiger partial charge < -0.3 is 20.4 Å². The summed E-state index contributed by atoms with van der Waals surface area (Å²) in [6.07, 6.45) is -3.90. The average Bonchev–Trinajstić information content (AvgIpc) is 2.32. The summed E-state index contributed by atoms with van der Waals surface area (Å²) >= 11 is 0. The highest BCUT2D eigenvalue weighted by Gasteiger charge is 2.58. The molecular formula is C11H19F3N2O4. The van der Waals surface area contributed by atoms with Crippen molar-refractivity contribution in [2.45, 2.75) is 38.4 Å². The lowest BCUT2D eigenvalue weighted by Crippen LogP contribution is -2.64. The van der Waals surface area contributed by atoms with Gasteiger partial charge in [0.2, 0.25) is 5.54 Å². The Kier molecular flexibility index (Phi) is 6.77. The van der Waals surface area contributed by atoms with E-state index in [-0.39, 0.29) is 13.1 Å². The molecule has 0 aromatic heterocycles. The standard InChI is InChI=1S/C11H19F3N2O4/c1-3-4-5-16(6-7-17)9(20)15-10(2,8(18)19)11(12,13)14/h17H,3-7H2,1-2H3,(H,15,20)(H,18,19). The SMILES string of the molecule is CCCCN(CCO)C(=O)NC(C)(C(=O)O)C(F)(F)F. The largest absolute Gasteiger partial charge is 0.479 e. The minimum atomic E-state index is -5.13. The predicted octanol–water partition coefficient (Wildman–Crippen LogP) is 1.20. The van der Waals surface area contributed by atoms with E-state index in [2.05, 4.69) is 0 Å². The zero-order valence-corrected chi connectivity index (χ0v) is 11.3. The Morgan fingerprint density at radius 3 is 2.15 bits per heavy atom. The minimum absolute atomic E-state index is 0.135. The number of unbranched alkanes of at least 4 members (excludes halogenated alkanes) is 1. The molecular weight excluding hydrogens is 281 g/mol. The third-order valence-corrected chi connectivity index (χ3v) is 2.79. The molecule has 0 radical (unpaired) electrons. The number of aliphatic hydroxyl groups excluding tert-OH is 1. The molecule has 0 aliphatic heterocycles. The van der Waals surface area contributed by atoms with E-state index < -0.39 is 30.3 Å². The number of urea groups is 1. The van der Waals surface area contributed by atoms with Crippen LogP contribution in [-0.2, 0) is 4.79 Å². The number of aliphatic hydroxyl groups is 1. The zero-order chi connectivity index (χ0) is 16.0. The molecule has 6 nitrogen and oxygen atoms in total. The summed E-state index contributed by atoms with van der Waals surface area (Å²) in [7, 11) is 0. The summed E-state index contributed by atoms with van der Waals surface area (Å²) in [4.78, 5) is 23.5. The van der Waals surface area contributed by atoms with Gasteiger partial charge in [0.1, 0.15) is 0 Å². The maximum absolute atomic E-state index is 12.8. The van der Waals surface area contributed by atoms with Gasteiger partial charge in [0.25, 0.3) is 0 Å². The molecule has 0 saturated heterocycles. The highest BCUT2D eigenvalue weighted by molar-refractivity contribution is 5.86. The van der Waals surface area contributed by atoms with Crippen LogP contribution in [0.4, 0.5) is 18.0 Å². The number of nitrogens with zero attached hydrogens (tertiary/aromatic N) is 1. The fourth-order valence-corrected chi connectivity index (χ4v) is 1.32. The van der Waals surface area contributed by atoms with Gasteiger partial charge in [-0.3, -0.25) is 0 Å². The maximum Gasteiger partial charge on any atom is 0.422 e. The van der Waals surface area contributed by atoms with Crippen molar-refractivity contribution in [3.63, 3.8) is 0 Å². The summed E-state index contributed by atoms with van der Waals surface area (Å²) in [5.41, 5.74) is -3.37. The second-order valence-electron chi connectivity index (χ2n) is 4.42. The molecule has 0 aliphatic rings. The van der Waals surface area contributed by atoms with E-state index in [4.69, 9.17) is 10.2 Å². The summed E-state index contributed by atoms with van der Waals surface area (Å²) in [5, 5.41) is 19.0. The number of carbonyl (C=O) groups excluding carboxylic acids is 1. The van der Waals surface area contributed by atoms with Gasteiger partial charge >= 0.3 is 18.2 Å². The van der Waals surface area contributed by atoms with Crippen LogP contribution in [0.15, 0.2) is 0 Å². The first-order chi connectivity index (χ1) is 9.10. The number of carboxylic acid groups (broad SMARTS) is 1. The fraction of sp³-hybridized carbons (Fsp3) is 0.818. The van der Waals surface area contributed by atoms with E-state index in [0.29, 0.717) is 19.8 Å². The lowest BCUT2D eigenvalue weighted by atomic mass is 10.0. The molecule has 1 atom stereocenters. The van der Waals surface area contributed by atoms with Crippen molar-refractivity contribution in [3.05, 3.63) is 0 Å². The van der Waals surface area contributed by atoms with Crippen molar-refractivity contribution in [1.82, 2.24) is 10.2 Å². The number of rotatable bonds is 7. The first kappa shape index (κ1) is 18.5. The van der Waals surface area contributed by atoms with Crippen LogP contribution >= 0.6 is 0 Å². The topological polar surface area (TPSA) is 89.9 Å². The molecule has 0 aromatic rings. The van der Waals surface area contributed by atoms with Gasteiger partial charge in [-0.05, 0) is 13.3 Å². The van der Waals surface area contributed by atoms with Crippen molar-refractivity contribution in [1.29, 1.82) is 0 Å². The molecule has 1 unspecified atom stereocenters. The normalized spacial score (nSPS) is 14.5. The molecule has 0 aliphatic carbocycles. The average molecular weight is 300 g/mol. The Bertz CT molecular complexity index is 349. The van der Waals surface area contributed by atoms with Crippen molar-refractivity contribution < 1.29 is 33.0 Å². The predicted molar refractivity (Wildman–Crippen MR) is 64.2 cm³/mol. The molecule has 20 heavy (non-hydrogen) atoms. The number of hydrogen-bond donors (Lipinski definition) is 3. The number of halogens is 3. The highest BCUT2D eigenvalue weighted by atomic mass is 19.4. The summed E-state index contributed by atoms with van der Waals surface area (Å²) in [6.45, 7) is 1.75. The number of nitrogens with one attached hydrogen (secondary N) is 1. The maximum atomic E-state index is 12.8.